The molecule has 100 valence electrons. The molecular formula is C14H28N2O. The Hall–Kier alpha value is -0.570. The maximum absolute atomic E-state index is 11.8. The largest absolute Gasteiger partial charge is 0.349 e. The lowest BCUT2D eigenvalue weighted by Gasteiger charge is -2.28. The highest BCUT2D eigenvalue weighted by atomic mass is 16.1. The standard InChI is InChI=1S/C14H28N2O/c1-2-3-4-5-6-9-13(17)16-14(12-15)10-7-8-11-14/h2-12,15H2,1H3,(H,16,17). The van der Waals surface area contributed by atoms with E-state index in [0.29, 0.717) is 13.0 Å². The summed E-state index contributed by atoms with van der Waals surface area (Å²) in [5.74, 6) is 0.203. The molecule has 0 saturated heterocycles. The predicted octanol–water partition coefficient (Wildman–Crippen LogP) is 2.73. The van der Waals surface area contributed by atoms with Gasteiger partial charge in [-0.15, -0.1) is 0 Å². The van der Waals surface area contributed by atoms with E-state index in [9.17, 15) is 4.79 Å². The summed E-state index contributed by atoms with van der Waals surface area (Å²) < 4.78 is 0. The van der Waals surface area contributed by atoms with E-state index >= 15 is 0 Å². The Morgan fingerprint density at radius 3 is 2.41 bits per heavy atom. The number of carbonyl (C=O) groups excluding carboxylic acids is 1. The fourth-order valence-electron chi connectivity index (χ4n) is 2.68. The minimum Gasteiger partial charge on any atom is -0.349 e. The van der Waals surface area contributed by atoms with Crippen LogP contribution in [0.1, 0.15) is 71.1 Å². The summed E-state index contributed by atoms with van der Waals surface area (Å²) in [4.78, 5) is 11.8. The van der Waals surface area contributed by atoms with E-state index in [1.807, 2.05) is 0 Å². The molecule has 3 N–H and O–H groups in total. The van der Waals surface area contributed by atoms with Gasteiger partial charge in [0.25, 0.3) is 0 Å². The highest BCUT2D eigenvalue weighted by molar-refractivity contribution is 5.76. The average molecular weight is 240 g/mol. The lowest BCUT2D eigenvalue weighted by atomic mass is 9.97. The van der Waals surface area contributed by atoms with Crippen LogP contribution in [0.15, 0.2) is 0 Å². The fourth-order valence-corrected chi connectivity index (χ4v) is 2.68. The first-order chi connectivity index (χ1) is 8.22. The topological polar surface area (TPSA) is 55.1 Å². The second kappa shape index (κ2) is 7.70. The minimum absolute atomic E-state index is 0.0689. The molecule has 0 aromatic rings. The van der Waals surface area contributed by atoms with Crippen LogP contribution in [0, 0.1) is 0 Å². The number of carbonyl (C=O) groups is 1. The van der Waals surface area contributed by atoms with Gasteiger partial charge < -0.3 is 11.1 Å². The second-order valence-electron chi connectivity index (χ2n) is 5.40. The first-order valence-corrected chi connectivity index (χ1v) is 7.23. The first kappa shape index (κ1) is 14.5. The van der Waals surface area contributed by atoms with Crippen molar-refractivity contribution >= 4 is 5.91 Å². The SMILES string of the molecule is CCCCCCCC(=O)NC1(CN)CCCC1. The highest BCUT2D eigenvalue weighted by Gasteiger charge is 2.33. The molecule has 0 atom stereocenters. The number of amides is 1. The third-order valence-electron chi connectivity index (χ3n) is 3.86. The van der Waals surface area contributed by atoms with Gasteiger partial charge >= 0.3 is 0 Å². The minimum atomic E-state index is -0.0689. The summed E-state index contributed by atoms with van der Waals surface area (Å²) in [6.07, 6.45) is 11.2. The first-order valence-electron chi connectivity index (χ1n) is 7.23. The molecule has 0 unspecified atom stereocenters. The molecule has 0 bridgehead atoms. The number of hydrogen-bond donors (Lipinski definition) is 2. The third-order valence-corrected chi connectivity index (χ3v) is 3.86. The van der Waals surface area contributed by atoms with Crippen LogP contribution < -0.4 is 11.1 Å². The van der Waals surface area contributed by atoms with Crippen molar-refractivity contribution < 1.29 is 4.79 Å². The Morgan fingerprint density at radius 1 is 1.18 bits per heavy atom. The van der Waals surface area contributed by atoms with Gasteiger partial charge in [0, 0.05) is 13.0 Å². The van der Waals surface area contributed by atoms with Crippen LogP contribution in [0.25, 0.3) is 0 Å². The molecule has 1 saturated carbocycles. The van der Waals surface area contributed by atoms with Gasteiger partial charge in [-0.3, -0.25) is 4.79 Å². The van der Waals surface area contributed by atoms with Crippen molar-refractivity contribution in [2.45, 2.75) is 76.7 Å². The lowest BCUT2D eigenvalue weighted by Crippen LogP contribution is -2.51. The number of nitrogens with two attached hydrogens (primary N) is 1. The average Bonchev–Trinajstić information content (AvgIpc) is 2.78. The van der Waals surface area contributed by atoms with Crippen molar-refractivity contribution in [1.29, 1.82) is 0 Å². The zero-order valence-corrected chi connectivity index (χ0v) is 11.3. The Morgan fingerprint density at radius 2 is 1.82 bits per heavy atom. The zero-order valence-electron chi connectivity index (χ0n) is 11.3. The van der Waals surface area contributed by atoms with Gasteiger partial charge in [0.15, 0.2) is 0 Å². The summed E-state index contributed by atoms with van der Waals surface area (Å²) in [5, 5.41) is 3.17. The second-order valence-corrected chi connectivity index (χ2v) is 5.40. The van der Waals surface area contributed by atoms with Gasteiger partial charge in [-0.05, 0) is 19.3 Å². The van der Waals surface area contributed by atoms with Crippen molar-refractivity contribution in [2.75, 3.05) is 6.54 Å². The van der Waals surface area contributed by atoms with Crippen molar-refractivity contribution in [3.8, 4) is 0 Å². The van der Waals surface area contributed by atoms with E-state index in [2.05, 4.69) is 12.2 Å². The van der Waals surface area contributed by atoms with E-state index in [1.54, 1.807) is 0 Å². The van der Waals surface area contributed by atoms with Crippen molar-refractivity contribution in [3.63, 3.8) is 0 Å². The van der Waals surface area contributed by atoms with Crippen LogP contribution in [0.3, 0.4) is 0 Å². The van der Waals surface area contributed by atoms with E-state index in [-0.39, 0.29) is 11.4 Å². The monoisotopic (exact) mass is 240 g/mol. The van der Waals surface area contributed by atoms with Crippen LogP contribution in [-0.2, 0) is 4.79 Å². The predicted molar refractivity (Wildman–Crippen MR) is 71.8 cm³/mol. The summed E-state index contributed by atoms with van der Waals surface area (Å²) in [6, 6.07) is 0. The molecule has 3 heteroatoms. The number of nitrogens with one attached hydrogen (secondary N) is 1. The Kier molecular flexibility index (Phi) is 6.56. The van der Waals surface area contributed by atoms with Crippen LogP contribution in [0.4, 0.5) is 0 Å². The maximum Gasteiger partial charge on any atom is 0.220 e. The number of unbranched alkanes of at least 4 members (excludes halogenated alkanes) is 4. The van der Waals surface area contributed by atoms with E-state index in [1.165, 1.54) is 38.5 Å². The fraction of sp³-hybridized carbons (Fsp3) is 0.929. The molecule has 1 aliphatic rings. The molecule has 0 aromatic carbocycles. The molecule has 1 rings (SSSR count). The van der Waals surface area contributed by atoms with Crippen LogP contribution in [0.2, 0.25) is 0 Å². The van der Waals surface area contributed by atoms with Gasteiger partial charge in [-0.25, -0.2) is 0 Å². The Labute approximate surface area is 106 Å². The molecule has 0 aliphatic heterocycles. The van der Waals surface area contributed by atoms with Crippen molar-refractivity contribution in [2.24, 2.45) is 5.73 Å². The Bertz CT molecular complexity index is 222. The molecular weight excluding hydrogens is 212 g/mol. The smallest absolute Gasteiger partial charge is 0.220 e. The van der Waals surface area contributed by atoms with E-state index in [0.717, 1.165) is 19.3 Å². The third kappa shape index (κ3) is 5.07. The molecule has 3 nitrogen and oxygen atoms in total. The molecule has 1 aliphatic carbocycles. The molecule has 1 amide bonds. The Balaban J connectivity index is 2.15. The molecule has 0 spiro atoms. The zero-order chi connectivity index (χ0) is 12.6. The van der Waals surface area contributed by atoms with Gasteiger partial charge in [-0.1, -0.05) is 45.4 Å². The van der Waals surface area contributed by atoms with Crippen LogP contribution in [-0.4, -0.2) is 18.0 Å². The quantitative estimate of drug-likeness (QED) is 0.641. The highest BCUT2D eigenvalue weighted by Crippen LogP contribution is 2.28. The van der Waals surface area contributed by atoms with Crippen LogP contribution in [0.5, 0.6) is 0 Å². The van der Waals surface area contributed by atoms with Gasteiger partial charge in [0.1, 0.15) is 0 Å². The molecule has 1 fully saturated rings. The summed E-state index contributed by atoms with van der Waals surface area (Å²) in [7, 11) is 0. The number of rotatable bonds is 8. The number of hydrogen-bond acceptors (Lipinski definition) is 2. The lowest BCUT2D eigenvalue weighted by molar-refractivity contribution is -0.123. The van der Waals surface area contributed by atoms with Crippen molar-refractivity contribution in [1.82, 2.24) is 5.32 Å². The van der Waals surface area contributed by atoms with E-state index in [4.69, 9.17) is 5.73 Å². The maximum atomic E-state index is 11.8. The summed E-state index contributed by atoms with van der Waals surface area (Å²) in [6.45, 7) is 2.80. The normalized spacial score (nSPS) is 18.2. The van der Waals surface area contributed by atoms with Gasteiger partial charge in [-0.2, -0.15) is 0 Å². The molecule has 0 radical (unpaired) electrons. The molecule has 0 heterocycles. The van der Waals surface area contributed by atoms with Crippen LogP contribution >= 0.6 is 0 Å². The summed E-state index contributed by atoms with van der Waals surface area (Å²) >= 11 is 0. The summed E-state index contributed by atoms with van der Waals surface area (Å²) in [5.41, 5.74) is 5.73. The van der Waals surface area contributed by atoms with E-state index < -0.39 is 0 Å². The van der Waals surface area contributed by atoms with Gasteiger partial charge in [0.05, 0.1) is 5.54 Å². The molecule has 17 heavy (non-hydrogen) atoms. The van der Waals surface area contributed by atoms with Gasteiger partial charge in [0.2, 0.25) is 5.91 Å². The molecule has 0 aromatic heterocycles. The van der Waals surface area contributed by atoms with Crippen molar-refractivity contribution in [3.05, 3.63) is 0 Å².